The Morgan fingerprint density at radius 2 is 2.37 bits per heavy atom. The topological polar surface area (TPSA) is 77.2 Å². The van der Waals surface area contributed by atoms with E-state index in [9.17, 15) is 14.3 Å². The number of hydrogen-bond acceptors (Lipinski definition) is 5. The molecule has 0 aliphatic heterocycles. The molecule has 6 nitrogen and oxygen atoms in total. The Morgan fingerprint density at radius 3 is 2.95 bits per heavy atom. The van der Waals surface area contributed by atoms with Crippen molar-refractivity contribution in [3.63, 3.8) is 0 Å². The summed E-state index contributed by atoms with van der Waals surface area (Å²) >= 11 is 0. The molecule has 0 fully saturated rings. The van der Waals surface area contributed by atoms with Crippen molar-refractivity contribution >= 4 is 5.97 Å². The molecule has 2 rings (SSSR count). The van der Waals surface area contributed by atoms with Crippen molar-refractivity contribution in [2.75, 3.05) is 6.61 Å². The fourth-order valence-corrected chi connectivity index (χ4v) is 1.57. The largest absolute Gasteiger partial charge is 0.464 e. The van der Waals surface area contributed by atoms with Crippen molar-refractivity contribution in [1.82, 2.24) is 14.8 Å². The van der Waals surface area contributed by atoms with Crippen LogP contribution in [0, 0.1) is 5.82 Å². The monoisotopic (exact) mass is 265 g/mol. The van der Waals surface area contributed by atoms with Gasteiger partial charge in [-0.2, -0.15) is 5.10 Å². The molecule has 0 aliphatic carbocycles. The van der Waals surface area contributed by atoms with Crippen molar-refractivity contribution < 1.29 is 19.0 Å². The summed E-state index contributed by atoms with van der Waals surface area (Å²) in [5.74, 6) is -1.43. The fraction of sp³-hybridized carbons (Fsp3) is 0.250. The first-order valence-corrected chi connectivity index (χ1v) is 5.62. The van der Waals surface area contributed by atoms with Gasteiger partial charge in [0.15, 0.2) is 6.10 Å². The number of ether oxygens (including phenoxy) is 1. The number of rotatable bonds is 4. The van der Waals surface area contributed by atoms with Crippen LogP contribution in [0.3, 0.4) is 0 Å². The molecule has 7 heteroatoms. The minimum Gasteiger partial charge on any atom is -0.464 e. The van der Waals surface area contributed by atoms with E-state index in [1.165, 1.54) is 29.5 Å². The van der Waals surface area contributed by atoms with Crippen LogP contribution in [0.5, 0.6) is 0 Å². The third kappa shape index (κ3) is 2.76. The van der Waals surface area contributed by atoms with E-state index in [-0.39, 0.29) is 17.9 Å². The highest BCUT2D eigenvalue weighted by atomic mass is 19.1. The lowest BCUT2D eigenvalue weighted by molar-refractivity contribution is -0.153. The van der Waals surface area contributed by atoms with Crippen molar-refractivity contribution in [2.24, 2.45) is 0 Å². The summed E-state index contributed by atoms with van der Waals surface area (Å²) < 4.78 is 19.8. The van der Waals surface area contributed by atoms with Crippen LogP contribution < -0.4 is 0 Å². The summed E-state index contributed by atoms with van der Waals surface area (Å²) in [7, 11) is 0. The minimum absolute atomic E-state index is 0.125. The molecule has 1 N–H and O–H groups in total. The van der Waals surface area contributed by atoms with Crippen molar-refractivity contribution in [2.45, 2.75) is 13.0 Å². The van der Waals surface area contributed by atoms with Gasteiger partial charge in [0.05, 0.1) is 6.61 Å². The summed E-state index contributed by atoms with van der Waals surface area (Å²) in [4.78, 5) is 15.1. The lowest BCUT2D eigenvalue weighted by Gasteiger charge is -2.11. The summed E-state index contributed by atoms with van der Waals surface area (Å²) in [5, 5.41) is 13.5. The lowest BCUT2D eigenvalue weighted by atomic mass is 10.1. The van der Waals surface area contributed by atoms with Gasteiger partial charge >= 0.3 is 5.97 Å². The Bertz CT molecular complexity index is 572. The van der Waals surface area contributed by atoms with Crippen LogP contribution in [0.1, 0.15) is 18.6 Å². The molecular weight excluding hydrogens is 253 g/mol. The van der Waals surface area contributed by atoms with Gasteiger partial charge in [-0.05, 0) is 24.6 Å². The van der Waals surface area contributed by atoms with Gasteiger partial charge in [-0.1, -0.05) is 6.07 Å². The lowest BCUT2D eigenvalue weighted by Crippen LogP contribution is -2.15. The molecule has 0 bridgehead atoms. The highest BCUT2D eigenvalue weighted by Gasteiger charge is 2.20. The highest BCUT2D eigenvalue weighted by Crippen LogP contribution is 2.20. The van der Waals surface area contributed by atoms with E-state index in [0.717, 1.165) is 6.07 Å². The van der Waals surface area contributed by atoms with Crippen molar-refractivity contribution in [1.29, 1.82) is 0 Å². The van der Waals surface area contributed by atoms with Crippen LogP contribution in [0.25, 0.3) is 5.69 Å². The molecule has 0 amide bonds. The number of aliphatic hydroxyl groups excluding tert-OH is 1. The van der Waals surface area contributed by atoms with Crippen LogP contribution in [-0.2, 0) is 9.53 Å². The van der Waals surface area contributed by atoms with E-state index in [1.807, 2.05) is 0 Å². The van der Waals surface area contributed by atoms with E-state index < -0.39 is 17.9 Å². The summed E-state index contributed by atoms with van der Waals surface area (Å²) in [6, 6.07) is 3.90. The number of halogens is 1. The number of aromatic nitrogens is 3. The molecule has 0 radical (unpaired) electrons. The summed E-state index contributed by atoms with van der Waals surface area (Å²) in [5.41, 5.74) is 0.303. The Kier molecular flexibility index (Phi) is 3.86. The third-order valence-electron chi connectivity index (χ3n) is 2.46. The predicted molar refractivity (Wildman–Crippen MR) is 62.9 cm³/mol. The number of esters is 1. The second-order valence-corrected chi connectivity index (χ2v) is 3.71. The van der Waals surface area contributed by atoms with Crippen LogP contribution in [0.4, 0.5) is 4.39 Å². The maximum absolute atomic E-state index is 13.9. The van der Waals surface area contributed by atoms with Gasteiger partial charge in [-0.25, -0.2) is 18.9 Å². The molecule has 1 unspecified atom stereocenters. The fourth-order valence-electron chi connectivity index (χ4n) is 1.57. The number of benzene rings is 1. The zero-order valence-electron chi connectivity index (χ0n) is 10.2. The minimum atomic E-state index is -1.50. The Balaban J connectivity index is 2.26. The molecule has 0 saturated carbocycles. The van der Waals surface area contributed by atoms with Gasteiger partial charge in [-0.15, -0.1) is 0 Å². The van der Waals surface area contributed by atoms with Gasteiger partial charge in [0.25, 0.3) is 0 Å². The normalized spacial score (nSPS) is 12.2. The van der Waals surface area contributed by atoms with E-state index in [2.05, 4.69) is 14.8 Å². The molecule has 1 aromatic carbocycles. The Labute approximate surface area is 108 Å². The number of aliphatic hydroxyl groups is 1. The third-order valence-corrected chi connectivity index (χ3v) is 2.46. The van der Waals surface area contributed by atoms with E-state index in [1.54, 1.807) is 6.92 Å². The molecule has 100 valence electrons. The molecule has 0 saturated heterocycles. The smallest absolute Gasteiger partial charge is 0.339 e. The molecule has 19 heavy (non-hydrogen) atoms. The molecule has 0 spiro atoms. The van der Waals surface area contributed by atoms with Crippen LogP contribution in [0.2, 0.25) is 0 Å². The van der Waals surface area contributed by atoms with Gasteiger partial charge in [0.2, 0.25) is 0 Å². The SMILES string of the molecule is CCOC(=O)C(O)c1ccc(-n2cncn2)c(F)c1. The Morgan fingerprint density at radius 1 is 1.58 bits per heavy atom. The van der Waals surface area contributed by atoms with Crippen molar-refractivity contribution in [3.8, 4) is 5.69 Å². The first-order chi connectivity index (χ1) is 9.13. The van der Waals surface area contributed by atoms with Gasteiger partial charge in [0.1, 0.15) is 24.2 Å². The van der Waals surface area contributed by atoms with Gasteiger partial charge in [-0.3, -0.25) is 0 Å². The highest BCUT2D eigenvalue weighted by molar-refractivity contribution is 5.76. The average Bonchev–Trinajstić information content (AvgIpc) is 2.91. The van der Waals surface area contributed by atoms with Crippen LogP contribution in [0.15, 0.2) is 30.9 Å². The zero-order chi connectivity index (χ0) is 13.8. The molecule has 2 aromatic rings. The summed E-state index contributed by atoms with van der Waals surface area (Å²) in [6.07, 6.45) is 1.12. The van der Waals surface area contributed by atoms with Crippen LogP contribution >= 0.6 is 0 Å². The van der Waals surface area contributed by atoms with Crippen molar-refractivity contribution in [3.05, 3.63) is 42.2 Å². The number of hydrogen-bond donors (Lipinski definition) is 1. The molecular formula is C12H12FN3O3. The zero-order valence-corrected chi connectivity index (χ0v) is 10.2. The summed E-state index contributed by atoms with van der Waals surface area (Å²) in [6.45, 7) is 1.77. The van der Waals surface area contributed by atoms with Crippen LogP contribution in [-0.4, -0.2) is 32.4 Å². The first kappa shape index (κ1) is 13.2. The van der Waals surface area contributed by atoms with E-state index >= 15 is 0 Å². The second-order valence-electron chi connectivity index (χ2n) is 3.71. The standard InChI is InChI=1S/C12H12FN3O3/c1-2-19-12(18)11(17)8-3-4-10(9(13)5-8)16-7-14-6-15-16/h3-7,11,17H,2H2,1H3. The van der Waals surface area contributed by atoms with Gasteiger partial charge in [0, 0.05) is 0 Å². The maximum Gasteiger partial charge on any atom is 0.339 e. The quantitative estimate of drug-likeness (QED) is 0.834. The van der Waals surface area contributed by atoms with E-state index in [4.69, 9.17) is 0 Å². The number of carbonyl (C=O) groups is 1. The average molecular weight is 265 g/mol. The molecule has 1 atom stereocenters. The molecule has 1 heterocycles. The Hall–Kier alpha value is -2.28. The predicted octanol–water partition coefficient (Wildman–Crippen LogP) is 1.00. The number of carbonyl (C=O) groups excluding carboxylic acids is 1. The van der Waals surface area contributed by atoms with E-state index in [0.29, 0.717) is 0 Å². The maximum atomic E-state index is 13.9. The van der Waals surface area contributed by atoms with Gasteiger partial charge < -0.3 is 9.84 Å². The first-order valence-electron chi connectivity index (χ1n) is 5.62. The molecule has 0 aliphatic rings. The molecule has 1 aromatic heterocycles. The second kappa shape index (κ2) is 5.57. The number of nitrogens with zero attached hydrogens (tertiary/aromatic N) is 3.